The number of nitrogens with one attached hydrogen (secondary N) is 1. The Bertz CT molecular complexity index is 1540. The number of nitriles is 1. The summed E-state index contributed by atoms with van der Waals surface area (Å²) in [5, 5.41) is 12.4. The zero-order valence-corrected chi connectivity index (χ0v) is 19.0. The summed E-state index contributed by atoms with van der Waals surface area (Å²) in [5.41, 5.74) is 3.29. The zero-order chi connectivity index (χ0) is 24.2. The van der Waals surface area contributed by atoms with E-state index in [2.05, 4.69) is 10.3 Å². The number of carbonyl (C=O) groups is 1. The van der Waals surface area contributed by atoms with Gasteiger partial charge in [0.1, 0.15) is 28.6 Å². The number of benzene rings is 2. The summed E-state index contributed by atoms with van der Waals surface area (Å²) in [6, 6.07) is 19.8. The van der Waals surface area contributed by atoms with Crippen molar-refractivity contribution < 1.29 is 9.53 Å². The quantitative estimate of drug-likeness (QED) is 0.342. The second-order valence-electron chi connectivity index (χ2n) is 7.91. The molecule has 0 bridgehead atoms. The Morgan fingerprint density at radius 2 is 1.88 bits per heavy atom. The van der Waals surface area contributed by atoms with Gasteiger partial charge in [-0.05, 0) is 79.9 Å². The predicted octanol–water partition coefficient (Wildman–Crippen LogP) is 4.96. The molecule has 4 rings (SSSR count). The highest BCUT2D eigenvalue weighted by Gasteiger charge is 2.17. The molecule has 7 heteroatoms. The number of hydrogen-bond acceptors (Lipinski definition) is 5. The summed E-state index contributed by atoms with van der Waals surface area (Å²) in [5.74, 6) is -0.140. The van der Waals surface area contributed by atoms with Gasteiger partial charge in [-0.25, -0.2) is 0 Å². The van der Waals surface area contributed by atoms with Gasteiger partial charge in [0.15, 0.2) is 0 Å². The van der Waals surface area contributed by atoms with E-state index < -0.39 is 11.5 Å². The summed E-state index contributed by atoms with van der Waals surface area (Å²) >= 11 is 0. The number of amides is 1. The van der Waals surface area contributed by atoms with E-state index in [4.69, 9.17) is 4.74 Å². The van der Waals surface area contributed by atoms with Crippen molar-refractivity contribution in [3.8, 4) is 17.7 Å². The van der Waals surface area contributed by atoms with Crippen molar-refractivity contribution in [1.29, 1.82) is 5.26 Å². The van der Waals surface area contributed by atoms with Gasteiger partial charge >= 0.3 is 0 Å². The molecular weight excluding hydrogens is 428 g/mol. The van der Waals surface area contributed by atoms with Crippen molar-refractivity contribution >= 4 is 23.3 Å². The minimum atomic E-state index is -0.634. The first-order chi connectivity index (χ1) is 16.4. The molecule has 4 aromatic rings. The van der Waals surface area contributed by atoms with Crippen LogP contribution < -0.4 is 15.6 Å². The number of pyridine rings is 1. The summed E-state index contributed by atoms with van der Waals surface area (Å²) < 4.78 is 7.28. The molecule has 0 atom stereocenters. The first kappa shape index (κ1) is 22.5. The van der Waals surface area contributed by atoms with Gasteiger partial charge < -0.3 is 10.1 Å². The van der Waals surface area contributed by atoms with E-state index in [-0.39, 0.29) is 17.0 Å². The second kappa shape index (κ2) is 9.43. The van der Waals surface area contributed by atoms with Crippen molar-refractivity contribution in [2.24, 2.45) is 0 Å². The van der Waals surface area contributed by atoms with Crippen LogP contribution >= 0.6 is 0 Å². The molecule has 2 aromatic carbocycles. The third-order valence-corrected chi connectivity index (χ3v) is 5.36. The highest BCUT2D eigenvalue weighted by molar-refractivity contribution is 6.09. The van der Waals surface area contributed by atoms with Crippen LogP contribution in [-0.4, -0.2) is 15.3 Å². The number of ether oxygens (including phenoxy) is 1. The summed E-state index contributed by atoms with van der Waals surface area (Å²) in [4.78, 5) is 30.6. The van der Waals surface area contributed by atoms with Crippen LogP contribution in [0.2, 0.25) is 0 Å². The fraction of sp³-hybridized carbons (Fsp3) is 0.111. The molecule has 0 saturated carbocycles. The number of hydrogen-bond donors (Lipinski definition) is 1. The topological polar surface area (TPSA) is 96.5 Å². The normalized spacial score (nSPS) is 11.2. The number of nitrogens with zero attached hydrogens (tertiary/aromatic N) is 3. The Kier molecular flexibility index (Phi) is 6.24. The van der Waals surface area contributed by atoms with Gasteiger partial charge in [0.2, 0.25) is 5.88 Å². The standard InChI is InChI=1S/C27H22N4O3/c1-17-7-6-8-22(13-17)34-26-23(27(33)31-12-5-4-9-24(31)30-26)15-20(16-28)25(32)29-21-11-10-18(2)19(3)14-21/h4-15H,1-3H3,(H,29,32)/b20-15-. The van der Waals surface area contributed by atoms with E-state index in [9.17, 15) is 14.9 Å². The van der Waals surface area contributed by atoms with Gasteiger partial charge in [-0.2, -0.15) is 10.2 Å². The molecule has 0 aliphatic carbocycles. The van der Waals surface area contributed by atoms with E-state index in [0.717, 1.165) is 16.7 Å². The predicted molar refractivity (Wildman–Crippen MR) is 131 cm³/mol. The van der Waals surface area contributed by atoms with Crippen LogP contribution in [0.4, 0.5) is 5.69 Å². The molecule has 7 nitrogen and oxygen atoms in total. The fourth-order valence-corrected chi connectivity index (χ4v) is 3.38. The van der Waals surface area contributed by atoms with Crippen LogP contribution in [0.5, 0.6) is 11.6 Å². The molecular formula is C27H22N4O3. The average molecular weight is 450 g/mol. The maximum Gasteiger partial charge on any atom is 0.269 e. The molecule has 2 aromatic heterocycles. The molecule has 2 heterocycles. The lowest BCUT2D eigenvalue weighted by molar-refractivity contribution is -0.112. The summed E-state index contributed by atoms with van der Waals surface area (Å²) in [7, 11) is 0. The Morgan fingerprint density at radius 3 is 2.62 bits per heavy atom. The van der Waals surface area contributed by atoms with Crippen LogP contribution in [0, 0.1) is 32.1 Å². The van der Waals surface area contributed by atoms with Gasteiger partial charge in [-0.3, -0.25) is 14.0 Å². The minimum Gasteiger partial charge on any atom is -0.438 e. The number of aryl methyl sites for hydroxylation is 3. The van der Waals surface area contributed by atoms with Crippen molar-refractivity contribution in [2.45, 2.75) is 20.8 Å². The third kappa shape index (κ3) is 4.71. The molecule has 0 fully saturated rings. The van der Waals surface area contributed by atoms with Crippen molar-refractivity contribution in [3.63, 3.8) is 0 Å². The average Bonchev–Trinajstić information content (AvgIpc) is 2.81. The maximum absolute atomic E-state index is 13.3. The largest absolute Gasteiger partial charge is 0.438 e. The van der Waals surface area contributed by atoms with Gasteiger partial charge in [0, 0.05) is 11.9 Å². The Balaban J connectivity index is 1.79. The maximum atomic E-state index is 13.3. The smallest absolute Gasteiger partial charge is 0.269 e. The molecule has 0 unspecified atom stereocenters. The van der Waals surface area contributed by atoms with Crippen LogP contribution in [0.3, 0.4) is 0 Å². The monoisotopic (exact) mass is 450 g/mol. The van der Waals surface area contributed by atoms with E-state index in [1.54, 1.807) is 42.6 Å². The molecule has 0 radical (unpaired) electrons. The molecule has 1 N–H and O–H groups in total. The zero-order valence-electron chi connectivity index (χ0n) is 19.0. The van der Waals surface area contributed by atoms with E-state index in [1.807, 2.05) is 51.1 Å². The van der Waals surface area contributed by atoms with Crippen molar-refractivity contribution in [1.82, 2.24) is 9.38 Å². The van der Waals surface area contributed by atoms with Gasteiger partial charge in [0.05, 0.1) is 0 Å². The van der Waals surface area contributed by atoms with Gasteiger partial charge in [-0.15, -0.1) is 0 Å². The van der Waals surface area contributed by atoms with Crippen LogP contribution in [0.1, 0.15) is 22.3 Å². The molecule has 0 aliphatic rings. The van der Waals surface area contributed by atoms with Crippen LogP contribution in [0.25, 0.3) is 11.7 Å². The Hall–Kier alpha value is -4.70. The molecule has 0 saturated heterocycles. The minimum absolute atomic E-state index is 0.00278. The summed E-state index contributed by atoms with van der Waals surface area (Å²) in [6.07, 6.45) is 2.79. The summed E-state index contributed by atoms with van der Waals surface area (Å²) in [6.45, 7) is 5.82. The molecule has 168 valence electrons. The fourth-order valence-electron chi connectivity index (χ4n) is 3.38. The van der Waals surface area contributed by atoms with Gasteiger partial charge in [0.25, 0.3) is 11.5 Å². The van der Waals surface area contributed by atoms with E-state index in [1.165, 1.54) is 10.5 Å². The lowest BCUT2D eigenvalue weighted by Gasteiger charge is -2.11. The number of carbonyl (C=O) groups excluding carboxylic acids is 1. The van der Waals surface area contributed by atoms with Crippen molar-refractivity contribution in [3.05, 3.63) is 105 Å². The van der Waals surface area contributed by atoms with Crippen LogP contribution in [-0.2, 0) is 4.79 Å². The van der Waals surface area contributed by atoms with Crippen LogP contribution in [0.15, 0.2) is 77.2 Å². The van der Waals surface area contributed by atoms with Crippen molar-refractivity contribution in [2.75, 3.05) is 5.32 Å². The second-order valence-corrected chi connectivity index (χ2v) is 7.91. The Morgan fingerprint density at radius 1 is 1.06 bits per heavy atom. The lowest BCUT2D eigenvalue weighted by atomic mass is 10.1. The Labute approximate surface area is 196 Å². The van der Waals surface area contributed by atoms with E-state index >= 15 is 0 Å². The number of anilines is 1. The SMILES string of the molecule is Cc1cccc(Oc2nc3ccccn3c(=O)c2/C=C(/C#N)C(=O)Nc2ccc(C)c(C)c2)c1. The first-order valence-electron chi connectivity index (χ1n) is 10.6. The highest BCUT2D eigenvalue weighted by atomic mass is 16.5. The molecule has 34 heavy (non-hydrogen) atoms. The van der Waals surface area contributed by atoms with Gasteiger partial charge in [-0.1, -0.05) is 24.3 Å². The number of rotatable bonds is 5. The molecule has 1 amide bonds. The number of fused-ring (bicyclic) bond motifs is 1. The van der Waals surface area contributed by atoms with E-state index in [0.29, 0.717) is 17.1 Å². The third-order valence-electron chi connectivity index (χ3n) is 5.36. The molecule has 0 aliphatic heterocycles. The number of aromatic nitrogens is 2. The lowest BCUT2D eigenvalue weighted by Crippen LogP contribution is -2.20. The first-order valence-corrected chi connectivity index (χ1v) is 10.6. The highest BCUT2D eigenvalue weighted by Crippen LogP contribution is 2.25. The molecule has 0 spiro atoms.